The average molecular weight is 680 g/mol. The standard InChI is InChI=1S/C41H45NO8/c43-40(44)15-9-23-49-38-14-8-13-32(37(38)16-17-41(45)46)12-6-1-2-7-22-48-35-26-33(31-18-20-42-21-19-31)25-34(27-35)39-29-47-28-36(50-39)24-30-10-4-3-5-11-30/h3-4,8,10,13-14,18-21,25-29H,1-2,5-7,9,11-12,15-17,22-24H2,(H,43,44)(H,45,46). The van der Waals surface area contributed by atoms with Gasteiger partial charge in [-0.15, -0.1) is 0 Å². The average Bonchev–Trinajstić information content (AvgIpc) is 3.13. The largest absolute Gasteiger partial charge is 0.494 e. The molecule has 0 spiro atoms. The van der Waals surface area contributed by atoms with Crippen LogP contribution in [-0.4, -0.2) is 40.3 Å². The third-order valence-corrected chi connectivity index (χ3v) is 8.54. The summed E-state index contributed by atoms with van der Waals surface area (Å²) < 4.78 is 24.2. The van der Waals surface area contributed by atoms with Gasteiger partial charge in [-0.1, -0.05) is 48.8 Å². The fourth-order valence-corrected chi connectivity index (χ4v) is 5.99. The number of carboxylic acids is 2. The quantitative estimate of drug-likeness (QED) is 0.113. The van der Waals surface area contributed by atoms with E-state index in [2.05, 4.69) is 29.3 Å². The summed E-state index contributed by atoms with van der Waals surface area (Å²) in [7, 11) is 0. The van der Waals surface area contributed by atoms with Crippen LogP contribution in [0.4, 0.5) is 0 Å². The number of hydrogen-bond donors (Lipinski definition) is 2. The first-order valence-electron chi connectivity index (χ1n) is 17.4. The maximum Gasteiger partial charge on any atom is 0.303 e. The molecular formula is C41H45NO8. The van der Waals surface area contributed by atoms with Gasteiger partial charge in [-0.05, 0) is 104 Å². The molecule has 1 aliphatic heterocycles. The number of aromatic nitrogens is 1. The summed E-state index contributed by atoms with van der Waals surface area (Å²) in [6.07, 6.45) is 21.4. The molecule has 3 aromatic rings. The fraction of sp³-hybridized carbons (Fsp3) is 0.341. The lowest BCUT2D eigenvalue weighted by molar-refractivity contribution is -0.138. The van der Waals surface area contributed by atoms with Crippen LogP contribution in [0.25, 0.3) is 16.9 Å². The minimum atomic E-state index is -0.864. The maximum absolute atomic E-state index is 11.3. The molecule has 9 heteroatoms. The highest BCUT2D eigenvalue weighted by molar-refractivity contribution is 5.72. The summed E-state index contributed by atoms with van der Waals surface area (Å²) >= 11 is 0. The maximum atomic E-state index is 11.3. The zero-order valence-electron chi connectivity index (χ0n) is 28.4. The molecule has 0 saturated carbocycles. The molecule has 262 valence electrons. The minimum Gasteiger partial charge on any atom is -0.494 e. The van der Waals surface area contributed by atoms with Crippen molar-refractivity contribution in [2.45, 2.75) is 77.0 Å². The van der Waals surface area contributed by atoms with Crippen molar-refractivity contribution in [3.05, 3.63) is 120 Å². The Morgan fingerprint density at radius 3 is 2.40 bits per heavy atom. The summed E-state index contributed by atoms with van der Waals surface area (Å²) in [4.78, 5) is 26.3. The first-order chi connectivity index (χ1) is 24.4. The molecule has 0 atom stereocenters. The van der Waals surface area contributed by atoms with Gasteiger partial charge in [0.05, 0.1) is 13.2 Å². The lowest BCUT2D eigenvalue weighted by Gasteiger charge is -2.20. The van der Waals surface area contributed by atoms with Gasteiger partial charge in [-0.2, -0.15) is 0 Å². The van der Waals surface area contributed by atoms with Gasteiger partial charge < -0.3 is 29.2 Å². The van der Waals surface area contributed by atoms with Gasteiger partial charge in [0.25, 0.3) is 0 Å². The number of aliphatic carboxylic acids is 2. The first-order valence-corrected chi connectivity index (χ1v) is 17.4. The van der Waals surface area contributed by atoms with E-state index in [0.717, 1.165) is 84.3 Å². The fourth-order valence-electron chi connectivity index (χ4n) is 5.99. The topological polar surface area (TPSA) is 124 Å². The summed E-state index contributed by atoms with van der Waals surface area (Å²) in [6.45, 7) is 0.835. The number of pyridine rings is 1. The highest BCUT2D eigenvalue weighted by Crippen LogP contribution is 2.34. The molecule has 0 radical (unpaired) electrons. The van der Waals surface area contributed by atoms with Gasteiger partial charge in [0.1, 0.15) is 29.8 Å². The highest BCUT2D eigenvalue weighted by atomic mass is 16.5. The van der Waals surface area contributed by atoms with Crippen molar-refractivity contribution >= 4 is 17.7 Å². The van der Waals surface area contributed by atoms with Crippen molar-refractivity contribution in [1.82, 2.24) is 4.98 Å². The lowest BCUT2D eigenvalue weighted by Crippen LogP contribution is -2.07. The Morgan fingerprint density at radius 1 is 0.800 bits per heavy atom. The second-order valence-corrected chi connectivity index (χ2v) is 12.4. The highest BCUT2D eigenvalue weighted by Gasteiger charge is 2.17. The first kappa shape index (κ1) is 36.0. The molecule has 2 aliphatic rings. The van der Waals surface area contributed by atoms with Crippen molar-refractivity contribution in [3.63, 3.8) is 0 Å². The van der Waals surface area contributed by atoms with E-state index < -0.39 is 11.9 Å². The number of aryl methyl sites for hydroxylation is 1. The van der Waals surface area contributed by atoms with Gasteiger partial charge in [0.15, 0.2) is 5.76 Å². The van der Waals surface area contributed by atoms with Crippen LogP contribution in [0.15, 0.2) is 103 Å². The van der Waals surface area contributed by atoms with Gasteiger partial charge in [0.2, 0.25) is 0 Å². The number of carboxylic acid groups (broad SMARTS) is 2. The van der Waals surface area contributed by atoms with Crippen molar-refractivity contribution in [3.8, 4) is 22.6 Å². The van der Waals surface area contributed by atoms with Gasteiger partial charge in [-0.3, -0.25) is 14.6 Å². The van der Waals surface area contributed by atoms with Crippen LogP contribution in [0.3, 0.4) is 0 Å². The van der Waals surface area contributed by atoms with Crippen LogP contribution < -0.4 is 9.47 Å². The summed E-state index contributed by atoms with van der Waals surface area (Å²) in [6, 6.07) is 15.8. The lowest BCUT2D eigenvalue weighted by atomic mass is 9.97. The number of ether oxygens (including phenoxy) is 4. The van der Waals surface area contributed by atoms with Crippen LogP contribution in [0.1, 0.15) is 80.9 Å². The molecule has 0 bridgehead atoms. The van der Waals surface area contributed by atoms with E-state index in [9.17, 15) is 14.7 Å². The molecule has 0 saturated heterocycles. The predicted octanol–water partition coefficient (Wildman–Crippen LogP) is 9.04. The van der Waals surface area contributed by atoms with Crippen molar-refractivity contribution in [2.24, 2.45) is 0 Å². The Labute approximate surface area is 293 Å². The number of allylic oxidation sites excluding steroid dienone is 4. The molecule has 5 rings (SSSR count). The van der Waals surface area contributed by atoms with Crippen LogP contribution in [0, 0.1) is 0 Å². The van der Waals surface area contributed by atoms with Crippen molar-refractivity contribution in [2.75, 3.05) is 13.2 Å². The van der Waals surface area contributed by atoms with Crippen LogP contribution in [0.5, 0.6) is 11.5 Å². The van der Waals surface area contributed by atoms with Gasteiger partial charge in [-0.25, -0.2) is 0 Å². The summed E-state index contributed by atoms with van der Waals surface area (Å²) in [5.41, 5.74) is 6.16. The van der Waals surface area contributed by atoms with Crippen LogP contribution in [-0.2, 0) is 31.9 Å². The normalized spacial score (nSPS) is 13.7. The molecule has 2 N–H and O–H groups in total. The zero-order valence-corrected chi connectivity index (χ0v) is 28.4. The molecule has 50 heavy (non-hydrogen) atoms. The second kappa shape index (κ2) is 19.0. The number of rotatable bonds is 20. The van der Waals surface area contributed by atoms with E-state index in [1.54, 1.807) is 24.9 Å². The summed E-state index contributed by atoms with van der Waals surface area (Å²) in [5, 5.41) is 18.2. The summed E-state index contributed by atoms with van der Waals surface area (Å²) in [5.74, 6) is 1.06. The van der Waals surface area contributed by atoms with E-state index >= 15 is 0 Å². The van der Waals surface area contributed by atoms with E-state index in [1.807, 2.05) is 42.5 Å². The SMILES string of the molecule is O=C(O)CCCOc1cccc(CCCCCCOc2cc(C3=COC=C(CC4=CC=CCC4)O3)cc(-c3ccncc3)c2)c1CCC(=O)O. The van der Waals surface area contributed by atoms with Crippen molar-refractivity contribution in [1.29, 1.82) is 0 Å². The van der Waals surface area contributed by atoms with Crippen LogP contribution >= 0.6 is 0 Å². The second-order valence-electron chi connectivity index (χ2n) is 12.4. The monoisotopic (exact) mass is 679 g/mol. The minimum absolute atomic E-state index is 0.00824. The Balaban J connectivity index is 1.15. The number of unbranched alkanes of at least 4 members (excludes halogenated alkanes) is 3. The smallest absolute Gasteiger partial charge is 0.303 e. The molecule has 0 amide bonds. The molecule has 0 fully saturated rings. The van der Waals surface area contributed by atoms with E-state index in [1.165, 1.54) is 5.57 Å². The molecule has 1 aliphatic carbocycles. The molecule has 0 unspecified atom stereocenters. The van der Waals surface area contributed by atoms with Gasteiger partial charge >= 0.3 is 11.9 Å². The Hall–Kier alpha value is -5.31. The molecule has 9 nitrogen and oxygen atoms in total. The Kier molecular flexibility index (Phi) is 13.7. The molecular weight excluding hydrogens is 634 g/mol. The number of hydrogen-bond acceptors (Lipinski definition) is 7. The zero-order chi connectivity index (χ0) is 35.0. The van der Waals surface area contributed by atoms with Crippen LogP contribution in [0.2, 0.25) is 0 Å². The Morgan fingerprint density at radius 2 is 1.60 bits per heavy atom. The Bertz CT molecular complexity index is 1720. The third kappa shape index (κ3) is 11.4. The van der Waals surface area contributed by atoms with E-state index in [-0.39, 0.29) is 19.4 Å². The predicted molar refractivity (Wildman–Crippen MR) is 191 cm³/mol. The van der Waals surface area contributed by atoms with Crippen molar-refractivity contribution < 1.29 is 38.7 Å². The molecule has 2 heterocycles. The van der Waals surface area contributed by atoms with E-state index in [0.29, 0.717) is 37.4 Å². The number of benzene rings is 2. The van der Waals surface area contributed by atoms with Gasteiger partial charge in [0, 0.05) is 37.2 Å². The number of nitrogens with zero attached hydrogens (tertiary/aromatic N) is 1. The third-order valence-electron chi connectivity index (χ3n) is 8.54. The molecule has 2 aromatic carbocycles. The number of carbonyl (C=O) groups is 2. The molecule has 1 aromatic heterocycles. The van der Waals surface area contributed by atoms with E-state index in [4.69, 9.17) is 24.1 Å².